The maximum absolute atomic E-state index is 12.7. The zero-order valence-corrected chi connectivity index (χ0v) is 16.9. The first kappa shape index (κ1) is 19.2. The quantitative estimate of drug-likeness (QED) is 0.730. The minimum absolute atomic E-state index is 0.238. The van der Waals surface area contributed by atoms with Crippen LogP contribution in [-0.4, -0.2) is 39.9 Å². The third-order valence-electron chi connectivity index (χ3n) is 5.22. The van der Waals surface area contributed by atoms with Crippen LogP contribution < -0.4 is 0 Å². The molecular formula is C23H24N2O4. The van der Waals surface area contributed by atoms with E-state index in [-0.39, 0.29) is 24.5 Å². The number of fused-ring (bicyclic) bond motifs is 2. The molecule has 4 rings (SSSR count). The van der Waals surface area contributed by atoms with Crippen molar-refractivity contribution in [2.45, 2.75) is 45.9 Å². The number of rotatable bonds is 2. The SMILES string of the molecule is CC(C)(C)OC(=O)N1CCc2c(cccc2CN2C(=O)c3ccccc3C2=O)C1. The van der Waals surface area contributed by atoms with E-state index in [4.69, 9.17) is 4.74 Å². The van der Waals surface area contributed by atoms with Crippen molar-refractivity contribution in [1.29, 1.82) is 0 Å². The molecule has 0 saturated heterocycles. The van der Waals surface area contributed by atoms with Gasteiger partial charge in [0.2, 0.25) is 0 Å². The van der Waals surface area contributed by atoms with Crippen molar-refractivity contribution in [3.8, 4) is 0 Å². The van der Waals surface area contributed by atoms with Crippen molar-refractivity contribution < 1.29 is 19.1 Å². The Morgan fingerprint density at radius 3 is 2.28 bits per heavy atom. The first-order valence-electron chi connectivity index (χ1n) is 9.77. The zero-order valence-electron chi connectivity index (χ0n) is 16.9. The Hall–Kier alpha value is -3.15. The average Bonchev–Trinajstić information content (AvgIpc) is 2.92. The summed E-state index contributed by atoms with van der Waals surface area (Å²) in [5.41, 5.74) is 3.45. The maximum atomic E-state index is 12.7. The molecule has 6 heteroatoms. The Kier molecular flexibility index (Phi) is 4.65. The molecule has 0 aliphatic carbocycles. The standard InChI is InChI=1S/C23H24N2O4/c1-23(2,3)29-22(28)24-12-11-17-15(13-24)7-6-8-16(17)14-25-20(26)18-9-4-5-10-19(18)21(25)27/h4-10H,11-14H2,1-3H3. The van der Waals surface area contributed by atoms with E-state index >= 15 is 0 Å². The largest absolute Gasteiger partial charge is 0.444 e. The van der Waals surface area contributed by atoms with Gasteiger partial charge in [-0.25, -0.2) is 4.79 Å². The van der Waals surface area contributed by atoms with Crippen LogP contribution in [0.4, 0.5) is 4.79 Å². The summed E-state index contributed by atoms with van der Waals surface area (Å²) in [6.07, 6.45) is 0.336. The van der Waals surface area contributed by atoms with E-state index in [0.29, 0.717) is 30.6 Å². The highest BCUT2D eigenvalue weighted by Crippen LogP contribution is 2.28. The summed E-state index contributed by atoms with van der Waals surface area (Å²) < 4.78 is 5.48. The van der Waals surface area contributed by atoms with E-state index in [9.17, 15) is 14.4 Å². The summed E-state index contributed by atoms with van der Waals surface area (Å²) in [5.74, 6) is -0.510. The molecule has 150 valence electrons. The molecule has 2 aromatic carbocycles. The van der Waals surface area contributed by atoms with Crippen LogP contribution in [0.2, 0.25) is 0 Å². The fourth-order valence-electron chi connectivity index (χ4n) is 3.87. The number of benzene rings is 2. The van der Waals surface area contributed by atoms with Gasteiger partial charge in [0, 0.05) is 13.1 Å². The highest BCUT2D eigenvalue weighted by atomic mass is 16.6. The lowest BCUT2D eigenvalue weighted by molar-refractivity contribution is 0.0223. The summed E-state index contributed by atoms with van der Waals surface area (Å²) in [5, 5.41) is 0. The van der Waals surface area contributed by atoms with Crippen LogP contribution in [0, 0.1) is 0 Å². The number of carbonyl (C=O) groups is 3. The van der Waals surface area contributed by atoms with Gasteiger partial charge in [0.1, 0.15) is 5.60 Å². The van der Waals surface area contributed by atoms with Gasteiger partial charge in [-0.3, -0.25) is 14.5 Å². The topological polar surface area (TPSA) is 66.9 Å². The van der Waals surface area contributed by atoms with Gasteiger partial charge in [-0.05, 0) is 56.0 Å². The number of carbonyl (C=O) groups excluding carboxylic acids is 3. The summed E-state index contributed by atoms with van der Waals surface area (Å²) in [7, 11) is 0. The average molecular weight is 392 g/mol. The van der Waals surface area contributed by atoms with Crippen LogP contribution in [0.15, 0.2) is 42.5 Å². The highest BCUT2D eigenvalue weighted by Gasteiger charge is 2.36. The normalized spacial score (nSPS) is 16.0. The van der Waals surface area contributed by atoms with Gasteiger partial charge in [0.05, 0.1) is 17.7 Å². The van der Waals surface area contributed by atoms with Crippen LogP contribution in [0.3, 0.4) is 0 Å². The van der Waals surface area contributed by atoms with Crippen molar-refractivity contribution in [3.63, 3.8) is 0 Å². The predicted octanol–water partition coefficient (Wildman–Crippen LogP) is 3.78. The third-order valence-corrected chi connectivity index (χ3v) is 5.22. The summed E-state index contributed by atoms with van der Waals surface area (Å²) in [6, 6.07) is 12.8. The molecule has 0 saturated carbocycles. The lowest BCUT2D eigenvalue weighted by Gasteiger charge is -2.32. The molecule has 0 atom stereocenters. The van der Waals surface area contributed by atoms with E-state index < -0.39 is 5.60 Å². The second kappa shape index (κ2) is 7.03. The maximum Gasteiger partial charge on any atom is 0.410 e. The van der Waals surface area contributed by atoms with E-state index in [1.807, 2.05) is 39.0 Å². The smallest absolute Gasteiger partial charge is 0.410 e. The van der Waals surface area contributed by atoms with Crippen LogP contribution in [0.5, 0.6) is 0 Å². The minimum atomic E-state index is -0.537. The molecule has 2 aromatic rings. The number of imide groups is 1. The molecule has 0 N–H and O–H groups in total. The molecule has 3 amide bonds. The minimum Gasteiger partial charge on any atom is -0.444 e. The summed E-state index contributed by atoms with van der Waals surface area (Å²) in [4.78, 5) is 40.8. The third kappa shape index (κ3) is 3.62. The van der Waals surface area contributed by atoms with Crippen molar-refractivity contribution >= 4 is 17.9 Å². The van der Waals surface area contributed by atoms with Crippen molar-refractivity contribution in [2.24, 2.45) is 0 Å². The van der Waals surface area contributed by atoms with Gasteiger partial charge in [-0.1, -0.05) is 30.3 Å². The Bertz CT molecular complexity index is 971. The summed E-state index contributed by atoms with van der Waals surface area (Å²) >= 11 is 0. The van der Waals surface area contributed by atoms with Crippen LogP contribution in [0.1, 0.15) is 58.2 Å². The lowest BCUT2D eigenvalue weighted by Crippen LogP contribution is -2.40. The molecule has 0 aromatic heterocycles. The van der Waals surface area contributed by atoms with Gasteiger partial charge in [-0.2, -0.15) is 0 Å². The number of hydrogen-bond donors (Lipinski definition) is 0. The van der Waals surface area contributed by atoms with Gasteiger partial charge < -0.3 is 9.64 Å². The number of hydrogen-bond acceptors (Lipinski definition) is 4. The molecule has 0 spiro atoms. The second-order valence-electron chi connectivity index (χ2n) is 8.45. The summed E-state index contributed by atoms with van der Waals surface area (Å²) in [6.45, 7) is 6.79. The highest BCUT2D eigenvalue weighted by molar-refractivity contribution is 6.21. The Morgan fingerprint density at radius 2 is 1.66 bits per heavy atom. The number of ether oxygens (including phenoxy) is 1. The van der Waals surface area contributed by atoms with E-state index in [1.54, 1.807) is 29.2 Å². The first-order chi connectivity index (χ1) is 13.7. The number of nitrogens with zero attached hydrogens (tertiary/aromatic N) is 2. The molecular weight excluding hydrogens is 368 g/mol. The number of amides is 3. The monoisotopic (exact) mass is 392 g/mol. The fourth-order valence-corrected chi connectivity index (χ4v) is 3.87. The molecule has 29 heavy (non-hydrogen) atoms. The van der Waals surface area contributed by atoms with Crippen LogP contribution in [-0.2, 0) is 24.2 Å². The Labute approximate surface area is 170 Å². The first-order valence-corrected chi connectivity index (χ1v) is 9.77. The van der Waals surface area contributed by atoms with Crippen LogP contribution >= 0.6 is 0 Å². The van der Waals surface area contributed by atoms with Crippen LogP contribution in [0.25, 0.3) is 0 Å². The fraction of sp³-hybridized carbons (Fsp3) is 0.348. The Morgan fingerprint density at radius 1 is 1.00 bits per heavy atom. The van der Waals surface area contributed by atoms with Crippen molar-refractivity contribution in [2.75, 3.05) is 6.54 Å². The Balaban J connectivity index is 1.54. The van der Waals surface area contributed by atoms with Gasteiger partial charge in [0.15, 0.2) is 0 Å². The molecule has 0 fully saturated rings. The van der Waals surface area contributed by atoms with Gasteiger partial charge in [0.25, 0.3) is 11.8 Å². The molecule has 0 radical (unpaired) electrons. The van der Waals surface area contributed by atoms with E-state index in [2.05, 4.69) is 0 Å². The van der Waals surface area contributed by atoms with Gasteiger partial charge >= 0.3 is 6.09 Å². The van der Waals surface area contributed by atoms with E-state index in [1.165, 1.54) is 4.90 Å². The second-order valence-corrected chi connectivity index (χ2v) is 8.45. The zero-order chi connectivity index (χ0) is 20.8. The van der Waals surface area contributed by atoms with Crippen molar-refractivity contribution in [3.05, 3.63) is 70.3 Å². The van der Waals surface area contributed by atoms with Crippen molar-refractivity contribution in [1.82, 2.24) is 9.80 Å². The molecule has 2 aliphatic rings. The molecule has 0 unspecified atom stereocenters. The lowest BCUT2D eigenvalue weighted by atomic mass is 9.94. The predicted molar refractivity (Wildman–Crippen MR) is 107 cm³/mol. The van der Waals surface area contributed by atoms with Gasteiger partial charge in [-0.15, -0.1) is 0 Å². The molecule has 6 nitrogen and oxygen atoms in total. The molecule has 0 bridgehead atoms. The molecule has 2 aliphatic heterocycles. The molecule has 2 heterocycles. The van der Waals surface area contributed by atoms with E-state index in [0.717, 1.165) is 16.7 Å².